The van der Waals surface area contributed by atoms with Crippen molar-refractivity contribution in [1.82, 2.24) is 14.9 Å². The summed E-state index contributed by atoms with van der Waals surface area (Å²) in [6, 6.07) is 9.57. The second kappa shape index (κ2) is 7.55. The Kier molecular flexibility index (Phi) is 4.73. The molecule has 2 aromatic rings. The zero-order valence-corrected chi connectivity index (χ0v) is 17.0. The molecule has 7 heteroatoms. The van der Waals surface area contributed by atoms with Crippen LogP contribution in [0.15, 0.2) is 47.8 Å². The SMILES string of the molecule is C[C@@H]1CC(=O)N(CC2CC2)N=C1c1ccc(NC(=O)N2Cc3ccncc3C2)cc1. The zero-order chi connectivity index (χ0) is 20.7. The van der Waals surface area contributed by atoms with Gasteiger partial charge in [-0.15, -0.1) is 0 Å². The minimum Gasteiger partial charge on any atom is -0.316 e. The van der Waals surface area contributed by atoms with Crippen molar-refractivity contribution in [2.75, 3.05) is 11.9 Å². The number of benzene rings is 1. The first kappa shape index (κ1) is 18.8. The van der Waals surface area contributed by atoms with Gasteiger partial charge in [0.25, 0.3) is 0 Å². The maximum atomic E-state index is 12.6. The van der Waals surface area contributed by atoms with Crippen molar-refractivity contribution in [3.63, 3.8) is 0 Å². The summed E-state index contributed by atoms with van der Waals surface area (Å²) >= 11 is 0. The quantitative estimate of drug-likeness (QED) is 0.847. The number of nitrogens with one attached hydrogen (secondary N) is 1. The molecule has 1 aromatic carbocycles. The number of hydrazone groups is 1. The third-order valence-electron chi connectivity index (χ3n) is 6.04. The number of carbonyl (C=O) groups is 2. The lowest BCUT2D eigenvalue weighted by Crippen LogP contribution is -2.37. The van der Waals surface area contributed by atoms with Crippen LogP contribution >= 0.6 is 0 Å². The number of anilines is 1. The molecular formula is C23H25N5O2. The summed E-state index contributed by atoms with van der Waals surface area (Å²) in [4.78, 5) is 30.8. The van der Waals surface area contributed by atoms with Gasteiger partial charge in [-0.1, -0.05) is 19.1 Å². The number of aromatic nitrogens is 1. The third kappa shape index (κ3) is 3.79. The van der Waals surface area contributed by atoms with Gasteiger partial charge < -0.3 is 10.2 Å². The number of carbonyl (C=O) groups excluding carboxylic acids is 2. The van der Waals surface area contributed by atoms with Crippen LogP contribution in [0.3, 0.4) is 0 Å². The molecule has 0 unspecified atom stereocenters. The Morgan fingerprint density at radius 3 is 2.63 bits per heavy atom. The van der Waals surface area contributed by atoms with E-state index in [0.717, 1.165) is 34.6 Å². The van der Waals surface area contributed by atoms with Gasteiger partial charge in [-0.3, -0.25) is 9.78 Å². The van der Waals surface area contributed by atoms with Crippen LogP contribution in [-0.4, -0.2) is 39.1 Å². The third-order valence-corrected chi connectivity index (χ3v) is 6.04. The Balaban J connectivity index is 1.26. The Labute approximate surface area is 175 Å². The summed E-state index contributed by atoms with van der Waals surface area (Å²) < 4.78 is 0. The van der Waals surface area contributed by atoms with E-state index in [4.69, 9.17) is 0 Å². The summed E-state index contributed by atoms with van der Waals surface area (Å²) in [6.45, 7) is 3.95. The molecule has 0 bridgehead atoms. The monoisotopic (exact) mass is 403 g/mol. The van der Waals surface area contributed by atoms with E-state index in [0.29, 0.717) is 25.4 Å². The average molecular weight is 403 g/mol. The first-order chi connectivity index (χ1) is 14.6. The first-order valence-electron chi connectivity index (χ1n) is 10.5. The lowest BCUT2D eigenvalue weighted by Gasteiger charge is -2.27. The van der Waals surface area contributed by atoms with Crippen LogP contribution in [0.25, 0.3) is 0 Å². The van der Waals surface area contributed by atoms with Crippen LogP contribution < -0.4 is 5.32 Å². The molecule has 1 atom stereocenters. The number of urea groups is 1. The van der Waals surface area contributed by atoms with E-state index in [9.17, 15) is 9.59 Å². The van der Waals surface area contributed by atoms with Crippen LogP contribution in [-0.2, 0) is 17.9 Å². The molecule has 3 aliphatic rings. The lowest BCUT2D eigenvalue weighted by atomic mass is 9.93. The second-order valence-corrected chi connectivity index (χ2v) is 8.52. The molecule has 0 saturated heterocycles. The number of rotatable bonds is 4. The fraction of sp³-hybridized carbons (Fsp3) is 0.391. The van der Waals surface area contributed by atoms with Gasteiger partial charge in [-0.2, -0.15) is 5.10 Å². The van der Waals surface area contributed by atoms with Crippen molar-refractivity contribution in [2.24, 2.45) is 16.9 Å². The molecule has 3 amide bonds. The maximum absolute atomic E-state index is 12.6. The van der Waals surface area contributed by atoms with Gasteiger partial charge in [-0.05, 0) is 53.6 Å². The molecule has 1 N–H and O–H groups in total. The van der Waals surface area contributed by atoms with Crippen LogP contribution in [0.2, 0.25) is 0 Å². The Bertz CT molecular complexity index is 988. The van der Waals surface area contributed by atoms with E-state index < -0.39 is 0 Å². The number of hydrogen-bond donors (Lipinski definition) is 1. The average Bonchev–Trinajstić information content (AvgIpc) is 3.45. The van der Waals surface area contributed by atoms with Gasteiger partial charge in [0.2, 0.25) is 5.91 Å². The Hall–Kier alpha value is -3.22. The van der Waals surface area contributed by atoms with E-state index in [1.54, 1.807) is 16.1 Å². The lowest BCUT2D eigenvalue weighted by molar-refractivity contribution is -0.132. The maximum Gasteiger partial charge on any atom is 0.322 e. The van der Waals surface area contributed by atoms with Gasteiger partial charge in [0.15, 0.2) is 0 Å². The summed E-state index contributed by atoms with van der Waals surface area (Å²) in [5.41, 5.74) is 4.92. The van der Waals surface area contributed by atoms with Crippen LogP contribution in [0.5, 0.6) is 0 Å². The van der Waals surface area contributed by atoms with Crippen LogP contribution in [0.4, 0.5) is 10.5 Å². The summed E-state index contributed by atoms with van der Waals surface area (Å²) in [6.07, 6.45) is 6.46. The van der Waals surface area contributed by atoms with Gasteiger partial charge >= 0.3 is 6.03 Å². The van der Waals surface area contributed by atoms with E-state index >= 15 is 0 Å². The molecule has 2 aliphatic heterocycles. The molecule has 1 aromatic heterocycles. The Morgan fingerprint density at radius 1 is 1.13 bits per heavy atom. The van der Waals surface area contributed by atoms with Crippen molar-refractivity contribution in [3.8, 4) is 0 Å². The minimum atomic E-state index is -0.122. The van der Waals surface area contributed by atoms with E-state index in [-0.39, 0.29) is 17.9 Å². The largest absolute Gasteiger partial charge is 0.322 e. The number of hydrogen-bond acceptors (Lipinski definition) is 4. The van der Waals surface area contributed by atoms with Gasteiger partial charge in [0, 0.05) is 50.1 Å². The molecule has 0 radical (unpaired) electrons. The number of pyridine rings is 1. The molecule has 0 spiro atoms. The van der Waals surface area contributed by atoms with Crippen molar-refractivity contribution in [1.29, 1.82) is 0 Å². The molecule has 3 heterocycles. The molecule has 1 fully saturated rings. The van der Waals surface area contributed by atoms with Crippen LogP contribution in [0, 0.1) is 11.8 Å². The molecule has 5 rings (SSSR count). The number of fused-ring (bicyclic) bond motifs is 1. The number of nitrogens with zero attached hydrogens (tertiary/aromatic N) is 4. The zero-order valence-electron chi connectivity index (χ0n) is 17.0. The first-order valence-corrected chi connectivity index (χ1v) is 10.5. The van der Waals surface area contributed by atoms with Crippen LogP contribution in [0.1, 0.15) is 42.9 Å². The smallest absolute Gasteiger partial charge is 0.316 e. The highest BCUT2D eigenvalue weighted by Crippen LogP contribution is 2.32. The molecule has 154 valence electrons. The highest BCUT2D eigenvalue weighted by molar-refractivity contribution is 6.06. The van der Waals surface area contributed by atoms with Gasteiger partial charge in [0.1, 0.15) is 0 Å². The molecule has 1 aliphatic carbocycles. The highest BCUT2D eigenvalue weighted by atomic mass is 16.2. The highest BCUT2D eigenvalue weighted by Gasteiger charge is 2.32. The molecule has 1 saturated carbocycles. The number of amides is 3. The fourth-order valence-electron chi connectivity index (χ4n) is 4.07. The standard InChI is InChI=1S/C23H25N5O2/c1-15-10-21(29)28(12-16-2-3-16)26-22(15)17-4-6-20(7-5-17)25-23(30)27-13-18-8-9-24-11-19(18)14-27/h4-9,11,15-16H,2-3,10,12-14H2,1H3,(H,25,30)/t15-/m1/s1. The minimum absolute atomic E-state index is 0.0881. The van der Waals surface area contributed by atoms with Crippen molar-refractivity contribution >= 4 is 23.3 Å². The summed E-state index contributed by atoms with van der Waals surface area (Å²) in [5.74, 6) is 0.811. The van der Waals surface area contributed by atoms with Gasteiger partial charge in [0.05, 0.1) is 5.71 Å². The summed E-state index contributed by atoms with van der Waals surface area (Å²) in [7, 11) is 0. The summed E-state index contributed by atoms with van der Waals surface area (Å²) in [5, 5.41) is 9.30. The fourth-order valence-corrected chi connectivity index (χ4v) is 4.07. The normalized spacial score (nSPS) is 20.8. The van der Waals surface area contributed by atoms with Crippen molar-refractivity contribution in [3.05, 3.63) is 59.4 Å². The predicted octanol–water partition coefficient (Wildman–Crippen LogP) is 3.61. The van der Waals surface area contributed by atoms with Crippen molar-refractivity contribution in [2.45, 2.75) is 39.3 Å². The molecule has 7 nitrogen and oxygen atoms in total. The topological polar surface area (TPSA) is 77.9 Å². The van der Waals surface area contributed by atoms with E-state index in [1.807, 2.05) is 43.5 Å². The van der Waals surface area contributed by atoms with Crippen molar-refractivity contribution < 1.29 is 9.59 Å². The predicted molar refractivity (Wildman–Crippen MR) is 114 cm³/mol. The second-order valence-electron chi connectivity index (χ2n) is 8.52. The van der Waals surface area contributed by atoms with Gasteiger partial charge in [-0.25, -0.2) is 9.80 Å². The molecular weight excluding hydrogens is 378 g/mol. The van der Waals surface area contributed by atoms with E-state index in [2.05, 4.69) is 15.4 Å². The molecule has 30 heavy (non-hydrogen) atoms. The Morgan fingerprint density at radius 2 is 1.90 bits per heavy atom. The van der Waals surface area contributed by atoms with E-state index in [1.165, 1.54) is 12.8 Å².